The summed E-state index contributed by atoms with van der Waals surface area (Å²) in [4.78, 5) is 4.43. The third kappa shape index (κ3) is 2.45. The van der Waals surface area contributed by atoms with Crippen LogP contribution in [-0.4, -0.2) is 11.0 Å². The van der Waals surface area contributed by atoms with E-state index in [9.17, 15) is 0 Å². The predicted octanol–water partition coefficient (Wildman–Crippen LogP) is 3.51. The first-order chi connectivity index (χ1) is 8.31. The van der Waals surface area contributed by atoms with Crippen molar-refractivity contribution in [3.8, 4) is 0 Å². The summed E-state index contributed by atoms with van der Waals surface area (Å²) < 4.78 is 5.65. The molecule has 0 aliphatic heterocycles. The molecule has 0 unspecified atom stereocenters. The highest BCUT2D eigenvalue weighted by Gasteiger charge is 2.15. The molecule has 1 aromatic carbocycles. The maximum atomic E-state index is 5.91. The fourth-order valence-corrected chi connectivity index (χ4v) is 2.55. The van der Waals surface area contributed by atoms with E-state index < -0.39 is 0 Å². The van der Waals surface area contributed by atoms with Crippen molar-refractivity contribution < 1.29 is 4.42 Å². The lowest BCUT2D eigenvalue weighted by atomic mass is 10.2. The van der Waals surface area contributed by atoms with Crippen LogP contribution in [0.1, 0.15) is 31.6 Å². The Labute approximate surface area is 105 Å². The van der Waals surface area contributed by atoms with Gasteiger partial charge < -0.3 is 9.73 Å². The third-order valence-corrected chi connectivity index (χ3v) is 3.53. The molecule has 3 nitrogen and oxygen atoms in total. The van der Waals surface area contributed by atoms with Crippen molar-refractivity contribution in [1.82, 2.24) is 10.3 Å². The Morgan fingerprint density at radius 2 is 2.18 bits per heavy atom. The Morgan fingerprint density at radius 1 is 1.35 bits per heavy atom. The predicted molar refractivity (Wildman–Crippen MR) is 68.1 cm³/mol. The Morgan fingerprint density at radius 3 is 3.00 bits per heavy atom. The highest BCUT2D eigenvalue weighted by molar-refractivity contribution is 6.31. The zero-order valence-electron chi connectivity index (χ0n) is 9.58. The minimum Gasteiger partial charge on any atom is -0.439 e. The van der Waals surface area contributed by atoms with Gasteiger partial charge >= 0.3 is 0 Å². The van der Waals surface area contributed by atoms with E-state index in [2.05, 4.69) is 10.3 Å². The fourth-order valence-electron chi connectivity index (χ4n) is 2.38. The molecule has 0 radical (unpaired) electrons. The summed E-state index contributed by atoms with van der Waals surface area (Å²) in [5, 5.41) is 4.17. The lowest BCUT2D eigenvalue weighted by Crippen LogP contribution is -2.25. The van der Waals surface area contributed by atoms with Crippen molar-refractivity contribution in [2.75, 3.05) is 0 Å². The number of benzene rings is 1. The van der Waals surface area contributed by atoms with Crippen molar-refractivity contribution in [3.05, 3.63) is 29.1 Å². The molecular weight excluding hydrogens is 236 g/mol. The smallest absolute Gasteiger partial charge is 0.209 e. The first-order valence-corrected chi connectivity index (χ1v) is 6.47. The molecule has 3 rings (SSSR count). The SMILES string of the molecule is Clc1ccc2nc(CNC3CCCC3)oc2c1. The summed E-state index contributed by atoms with van der Waals surface area (Å²) in [6.45, 7) is 0.705. The zero-order chi connectivity index (χ0) is 11.7. The van der Waals surface area contributed by atoms with Crippen molar-refractivity contribution in [2.45, 2.75) is 38.3 Å². The number of oxazole rings is 1. The number of halogens is 1. The van der Waals surface area contributed by atoms with E-state index >= 15 is 0 Å². The second kappa shape index (κ2) is 4.67. The van der Waals surface area contributed by atoms with Gasteiger partial charge in [-0.15, -0.1) is 0 Å². The van der Waals surface area contributed by atoms with E-state index in [0.717, 1.165) is 17.0 Å². The Kier molecular flexibility index (Phi) is 3.04. The molecule has 1 aliphatic rings. The van der Waals surface area contributed by atoms with Crippen LogP contribution in [0.5, 0.6) is 0 Å². The van der Waals surface area contributed by atoms with E-state index in [1.54, 1.807) is 0 Å². The monoisotopic (exact) mass is 250 g/mol. The summed E-state index contributed by atoms with van der Waals surface area (Å²) >= 11 is 5.91. The molecule has 1 heterocycles. The van der Waals surface area contributed by atoms with E-state index in [4.69, 9.17) is 16.0 Å². The molecule has 0 spiro atoms. The first-order valence-electron chi connectivity index (χ1n) is 6.09. The van der Waals surface area contributed by atoms with Crippen LogP contribution in [-0.2, 0) is 6.54 Å². The molecule has 1 saturated carbocycles. The summed E-state index contributed by atoms with van der Waals surface area (Å²) in [6, 6.07) is 6.16. The number of nitrogens with one attached hydrogen (secondary N) is 1. The number of hydrogen-bond acceptors (Lipinski definition) is 3. The molecule has 1 fully saturated rings. The van der Waals surface area contributed by atoms with Gasteiger partial charge in [0.1, 0.15) is 5.52 Å². The van der Waals surface area contributed by atoms with Crippen LogP contribution in [0.2, 0.25) is 5.02 Å². The van der Waals surface area contributed by atoms with E-state index in [0.29, 0.717) is 17.6 Å². The van der Waals surface area contributed by atoms with Gasteiger partial charge in [-0.05, 0) is 25.0 Å². The van der Waals surface area contributed by atoms with Gasteiger partial charge in [0.2, 0.25) is 5.89 Å². The summed E-state index contributed by atoms with van der Waals surface area (Å²) in [6.07, 6.45) is 5.21. The van der Waals surface area contributed by atoms with E-state index in [1.807, 2.05) is 18.2 Å². The van der Waals surface area contributed by atoms with Gasteiger partial charge in [-0.25, -0.2) is 4.98 Å². The maximum absolute atomic E-state index is 5.91. The summed E-state index contributed by atoms with van der Waals surface area (Å²) in [5.41, 5.74) is 1.64. The zero-order valence-corrected chi connectivity index (χ0v) is 10.3. The van der Waals surface area contributed by atoms with E-state index in [1.165, 1.54) is 25.7 Å². The van der Waals surface area contributed by atoms with Gasteiger partial charge in [0, 0.05) is 17.1 Å². The lowest BCUT2D eigenvalue weighted by Gasteiger charge is -2.08. The number of nitrogens with zero attached hydrogens (tertiary/aromatic N) is 1. The molecule has 1 aromatic heterocycles. The molecule has 4 heteroatoms. The Balaban J connectivity index is 1.72. The minimum atomic E-state index is 0.633. The molecule has 17 heavy (non-hydrogen) atoms. The molecule has 90 valence electrons. The largest absolute Gasteiger partial charge is 0.439 e. The van der Waals surface area contributed by atoms with Gasteiger partial charge in [0.15, 0.2) is 5.58 Å². The average Bonchev–Trinajstić information content (AvgIpc) is 2.94. The maximum Gasteiger partial charge on any atom is 0.209 e. The standard InChI is InChI=1S/C13H15ClN2O/c14-9-5-6-11-12(7-9)17-13(16-11)8-15-10-3-1-2-4-10/h5-7,10,15H,1-4,8H2. The molecule has 0 saturated heterocycles. The normalized spacial score (nSPS) is 17.0. The highest BCUT2D eigenvalue weighted by atomic mass is 35.5. The van der Waals surface area contributed by atoms with Crippen molar-refractivity contribution in [1.29, 1.82) is 0 Å². The second-order valence-corrected chi connectivity index (χ2v) is 5.02. The average molecular weight is 251 g/mol. The van der Waals surface area contributed by atoms with E-state index in [-0.39, 0.29) is 0 Å². The van der Waals surface area contributed by atoms with Gasteiger partial charge in [-0.1, -0.05) is 24.4 Å². The first kappa shape index (κ1) is 11.1. The number of fused-ring (bicyclic) bond motifs is 1. The Bertz CT molecular complexity index is 517. The number of aromatic nitrogens is 1. The molecule has 0 atom stereocenters. The molecule has 0 bridgehead atoms. The number of hydrogen-bond donors (Lipinski definition) is 1. The van der Waals surface area contributed by atoms with Gasteiger partial charge in [0.05, 0.1) is 6.54 Å². The molecule has 0 amide bonds. The van der Waals surface area contributed by atoms with Crippen LogP contribution in [0.15, 0.2) is 22.6 Å². The third-order valence-electron chi connectivity index (χ3n) is 3.29. The lowest BCUT2D eigenvalue weighted by molar-refractivity contribution is 0.450. The van der Waals surface area contributed by atoms with Crippen LogP contribution in [0.25, 0.3) is 11.1 Å². The van der Waals surface area contributed by atoms with Gasteiger partial charge in [-0.2, -0.15) is 0 Å². The minimum absolute atomic E-state index is 0.633. The van der Waals surface area contributed by atoms with Crippen LogP contribution >= 0.6 is 11.6 Å². The van der Waals surface area contributed by atoms with Crippen molar-refractivity contribution >= 4 is 22.7 Å². The van der Waals surface area contributed by atoms with Crippen LogP contribution in [0, 0.1) is 0 Å². The summed E-state index contributed by atoms with van der Waals surface area (Å²) in [5.74, 6) is 0.745. The topological polar surface area (TPSA) is 38.1 Å². The Hall–Kier alpha value is -1.06. The molecule has 1 N–H and O–H groups in total. The van der Waals surface area contributed by atoms with Crippen LogP contribution < -0.4 is 5.32 Å². The molecule has 1 aliphatic carbocycles. The van der Waals surface area contributed by atoms with Gasteiger partial charge in [0.25, 0.3) is 0 Å². The molecule has 2 aromatic rings. The quantitative estimate of drug-likeness (QED) is 0.906. The highest BCUT2D eigenvalue weighted by Crippen LogP contribution is 2.21. The van der Waals surface area contributed by atoms with Crippen LogP contribution in [0.3, 0.4) is 0 Å². The molecular formula is C13H15ClN2O. The second-order valence-electron chi connectivity index (χ2n) is 4.58. The van der Waals surface area contributed by atoms with Crippen molar-refractivity contribution in [2.24, 2.45) is 0 Å². The fraction of sp³-hybridized carbons (Fsp3) is 0.462. The number of rotatable bonds is 3. The van der Waals surface area contributed by atoms with Gasteiger partial charge in [-0.3, -0.25) is 0 Å². The summed E-state index contributed by atoms with van der Waals surface area (Å²) in [7, 11) is 0. The van der Waals surface area contributed by atoms with Crippen LogP contribution in [0.4, 0.5) is 0 Å². The van der Waals surface area contributed by atoms with Crippen molar-refractivity contribution in [3.63, 3.8) is 0 Å².